The van der Waals surface area contributed by atoms with E-state index in [1.165, 1.54) is 11.1 Å². The molecule has 0 spiro atoms. The molecule has 136 valence electrons. The van der Waals surface area contributed by atoms with Crippen molar-refractivity contribution in [2.24, 2.45) is 5.10 Å². The van der Waals surface area contributed by atoms with Crippen molar-refractivity contribution in [3.05, 3.63) is 52.4 Å². The number of hydrazone groups is 1. The molecule has 1 aliphatic heterocycles. The van der Waals surface area contributed by atoms with E-state index in [-0.39, 0.29) is 5.91 Å². The van der Waals surface area contributed by atoms with Gasteiger partial charge >= 0.3 is 0 Å². The lowest BCUT2D eigenvalue weighted by molar-refractivity contribution is -0.116. The molecule has 0 bridgehead atoms. The fraction of sp³-hybridized carbons (Fsp3) is 0.368. The molecule has 0 aliphatic carbocycles. The highest BCUT2D eigenvalue weighted by Gasteiger charge is 2.27. The number of aryl methyl sites for hydroxylation is 1. The summed E-state index contributed by atoms with van der Waals surface area (Å²) < 4.78 is 0. The molecule has 0 aromatic carbocycles. The van der Waals surface area contributed by atoms with Crippen LogP contribution < -0.4 is 5.43 Å². The number of nitrogens with one attached hydrogen (secondary N) is 2. The molecule has 0 radical (unpaired) electrons. The number of aromatic amines is 1. The normalized spacial score (nSPS) is 15.9. The van der Waals surface area contributed by atoms with Crippen LogP contribution in [-0.2, 0) is 11.3 Å². The molecule has 3 heterocycles. The summed E-state index contributed by atoms with van der Waals surface area (Å²) in [6.07, 6.45) is 6.66. The zero-order chi connectivity index (χ0) is 18.8. The van der Waals surface area contributed by atoms with Gasteiger partial charge in [0, 0.05) is 30.3 Å². The Morgan fingerprint density at radius 1 is 1.27 bits per heavy atom. The maximum Gasteiger partial charge on any atom is 0.273 e. The van der Waals surface area contributed by atoms with E-state index in [0.29, 0.717) is 22.9 Å². The predicted octanol–water partition coefficient (Wildman–Crippen LogP) is 2.22. The third-order valence-electron chi connectivity index (χ3n) is 4.31. The molecule has 0 saturated carbocycles. The van der Waals surface area contributed by atoms with Crippen molar-refractivity contribution >= 4 is 17.7 Å². The SMILES string of the molecule is Cc1[nH]c(C=C2C(=O)NN=C2c2cnccn2)c(C(C)C)c1CN(C)C. The van der Waals surface area contributed by atoms with E-state index in [0.717, 1.165) is 17.9 Å². The minimum absolute atomic E-state index is 0.234. The van der Waals surface area contributed by atoms with Gasteiger partial charge in [-0.2, -0.15) is 5.10 Å². The quantitative estimate of drug-likeness (QED) is 0.808. The van der Waals surface area contributed by atoms with Crippen LogP contribution >= 0.6 is 0 Å². The number of hydrogen-bond acceptors (Lipinski definition) is 5. The van der Waals surface area contributed by atoms with Crippen LogP contribution in [0.5, 0.6) is 0 Å². The minimum Gasteiger partial charge on any atom is -0.359 e. The summed E-state index contributed by atoms with van der Waals surface area (Å²) in [5.74, 6) is 0.0879. The predicted molar refractivity (Wildman–Crippen MR) is 102 cm³/mol. The van der Waals surface area contributed by atoms with Crippen LogP contribution in [0.15, 0.2) is 29.3 Å². The van der Waals surface area contributed by atoms with Crippen molar-refractivity contribution in [1.29, 1.82) is 0 Å². The van der Waals surface area contributed by atoms with Gasteiger partial charge in [-0.15, -0.1) is 0 Å². The zero-order valence-electron chi connectivity index (χ0n) is 15.8. The van der Waals surface area contributed by atoms with Crippen LogP contribution in [0, 0.1) is 6.92 Å². The number of carbonyl (C=O) groups excluding carboxylic acids is 1. The molecule has 2 aromatic rings. The zero-order valence-corrected chi connectivity index (χ0v) is 15.8. The Kier molecular flexibility index (Phi) is 4.99. The lowest BCUT2D eigenvalue weighted by Crippen LogP contribution is -2.14. The van der Waals surface area contributed by atoms with Crippen LogP contribution in [0.2, 0.25) is 0 Å². The summed E-state index contributed by atoms with van der Waals surface area (Å²) in [6.45, 7) is 7.24. The van der Waals surface area contributed by atoms with Gasteiger partial charge in [-0.05, 0) is 44.1 Å². The van der Waals surface area contributed by atoms with E-state index in [1.807, 2.05) is 6.08 Å². The summed E-state index contributed by atoms with van der Waals surface area (Å²) in [5, 5.41) is 4.14. The van der Waals surface area contributed by atoms with E-state index >= 15 is 0 Å². The van der Waals surface area contributed by atoms with Crippen LogP contribution in [-0.4, -0.2) is 45.6 Å². The summed E-state index contributed by atoms with van der Waals surface area (Å²) in [4.78, 5) is 26.3. The highest BCUT2D eigenvalue weighted by molar-refractivity contribution is 6.32. The Hall–Kier alpha value is -2.80. The van der Waals surface area contributed by atoms with Gasteiger partial charge < -0.3 is 9.88 Å². The van der Waals surface area contributed by atoms with Crippen molar-refractivity contribution in [3.63, 3.8) is 0 Å². The van der Waals surface area contributed by atoms with Crippen molar-refractivity contribution in [3.8, 4) is 0 Å². The maximum atomic E-state index is 12.3. The van der Waals surface area contributed by atoms with Gasteiger partial charge in [0.05, 0.1) is 11.8 Å². The fourth-order valence-corrected chi connectivity index (χ4v) is 3.23. The first-order chi connectivity index (χ1) is 12.4. The van der Waals surface area contributed by atoms with E-state index in [1.54, 1.807) is 18.6 Å². The molecule has 0 atom stereocenters. The van der Waals surface area contributed by atoms with Gasteiger partial charge in [0.2, 0.25) is 0 Å². The van der Waals surface area contributed by atoms with Crippen molar-refractivity contribution in [2.45, 2.75) is 33.2 Å². The average molecular weight is 352 g/mol. The second-order valence-corrected chi connectivity index (χ2v) is 7.00. The van der Waals surface area contributed by atoms with Gasteiger partial charge in [-0.25, -0.2) is 5.43 Å². The summed E-state index contributed by atoms with van der Waals surface area (Å²) in [6, 6.07) is 0. The first-order valence-corrected chi connectivity index (χ1v) is 8.61. The van der Waals surface area contributed by atoms with Crippen LogP contribution in [0.25, 0.3) is 6.08 Å². The topological polar surface area (TPSA) is 86.3 Å². The third-order valence-corrected chi connectivity index (χ3v) is 4.31. The molecule has 7 heteroatoms. The molecule has 0 fully saturated rings. The number of carbonyl (C=O) groups is 1. The number of rotatable bonds is 5. The molecule has 26 heavy (non-hydrogen) atoms. The second kappa shape index (κ2) is 7.21. The van der Waals surface area contributed by atoms with Crippen LogP contribution in [0.1, 0.15) is 48.0 Å². The molecule has 7 nitrogen and oxygen atoms in total. The van der Waals surface area contributed by atoms with Gasteiger partial charge in [-0.3, -0.25) is 14.8 Å². The van der Waals surface area contributed by atoms with Gasteiger partial charge in [0.1, 0.15) is 11.4 Å². The van der Waals surface area contributed by atoms with Crippen molar-refractivity contribution in [1.82, 2.24) is 25.3 Å². The maximum absolute atomic E-state index is 12.3. The highest BCUT2D eigenvalue weighted by atomic mass is 16.2. The molecule has 1 amide bonds. The summed E-state index contributed by atoms with van der Waals surface area (Å²) >= 11 is 0. The van der Waals surface area contributed by atoms with Crippen LogP contribution in [0.3, 0.4) is 0 Å². The largest absolute Gasteiger partial charge is 0.359 e. The number of aromatic nitrogens is 3. The average Bonchev–Trinajstić information content (AvgIpc) is 3.09. The first-order valence-electron chi connectivity index (χ1n) is 8.61. The fourth-order valence-electron chi connectivity index (χ4n) is 3.23. The molecule has 2 N–H and O–H groups in total. The van der Waals surface area contributed by atoms with Gasteiger partial charge in [0.25, 0.3) is 5.91 Å². The van der Waals surface area contributed by atoms with E-state index < -0.39 is 0 Å². The Morgan fingerprint density at radius 2 is 2.04 bits per heavy atom. The lowest BCUT2D eigenvalue weighted by Gasteiger charge is -2.14. The highest BCUT2D eigenvalue weighted by Crippen LogP contribution is 2.30. The summed E-state index contributed by atoms with van der Waals surface area (Å²) in [5.41, 5.74) is 8.66. The second-order valence-electron chi connectivity index (χ2n) is 7.00. The van der Waals surface area contributed by atoms with E-state index in [9.17, 15) is 4.79 Å². The van der Waals surface area contributed by atoms with Crippen molar-refractivity contribution < 1.29 is 4.79 Å². The number of nitrogens with zero attached hydrogens (tertiary/aromatic N) is 4. The molecule has 3 rings (SSSR count). The molecule has 0 saturated heterocycles. The van der Waals surface area contributed by atoms with Crippen LogP contribution in [0.4, 0.5) is 0 Å². The number of amides is 1. The monoisotopic (exact) mass is 352 g/mol. The third kappa shape index (κ3) is 3.43. The Bertz CT molecular complexity index is 877. The van der Waals surface area contributed by atoms with E-state index in [2.05, 4.69) is 65.2 Å². The Balaban J connectivity index is 2.09. The molecule has 1 aliphatic rings. The molecule has 2 aromatic heterocycles. The smallest absolute Gasteiger partial charge is 0.273 e. The molecule has 0 unspecified atom stereocenters. The molecular formula is C19H24N6O. The molecular weight excluding hydrogens is 328 g/mol. The number of hydrogen-bond donors (Lipinski definition) is 2. The Morgan fingerprint density at radius 3 is 2.65 bits per heavy atom. The Labute approximate surface area is 153 Å². The number of H-pyrrole nitrogens is 1. The lowest BCUT2D eigenvalue weighted by atomic mass is 9.95. The standard InChI is InChI=1S/C19H24N6O/c1-11(2)17-14(10-25(4)5)12(3)22-15(17)8-13-18(23-24-19(13)26)16-9-20-6-7-21-16/h6-9,11,22H,10H2,1-5H3,(H,24,26). The van der Waals surface area contributed by atoms with Gasteiger partial charge in [0.15, 0.2) is 0 Å². The van der Waals surface area contributed by atoms with Crippen molar-refractivity contribution in [2.75, 3.05) is 14.1 Å². The van der Waals surface area contributed by atoms with E-state index in [4.69, 9.17) is 0 Å². The van der Waals surface area contributed by atoms with Gasteiger partial charge in [-0.1, -0.05) is 13.8 Å². The first kappa shape index (κ1) is 18.0. The summed E-state index contributed by atoms with van der Waals surface area (Å²) in [7, 11) is 4.11. The minimum atomic E-state index is -0.234.